The van der Waals surface area contributed by atoms with Gasteiger partial charge in [0, 0.05) is 23.6 Å². The Kier molecular flexibility index (Phi) is 5.94. The van der Waals surface area contributed by atoms with Crippen molar-refractivity contribution in [3.8, 4) is 17.2 Å². The van der Waals surface area contributed by atoms with Gasteiger partial charge >= 0.3 is 0 Å². The van der Waals surface area contributed by atoms with Gasteiger partial charge in [0.05, 0.1) is 20.8 Å². The van der Waals surface area contributed by atoms with Crippen LogP contribution in [0.3, 0.4) is 0 Å². The number of hydrogen-bond acceptors (Lipinski definition) is 7. The van der Waals surface area contributed by atoms with E-state index in [1.54, 1.807) is 26.5 Å². The first-order chi connectivity index (χ1) is 13.2. The summed E-state index contributed by atoms with van der Waals surface area (Å²) in [7, 11) is 3.20. The standard InChI is InChI=1S/C20H22N4O3/c1-4-27-16-8-5-14(6-9-16)22-19-11-12-21-20(24-19)23-15-7-10-17(25-2)18(13-15)26-3/h5-13H,4H2,1-3H3,(H2,21,22,23,24). The molecule has 0 unspecified atom stereocenters. The molecule has 0 radical (unpaired) electrons. The first-order valence-electron chi connectivity index (χ1n) is 8.54. The maximum Gasteiger partial charge on any atom is 0.229 e. The van der Waals surface area contributed by atoms with E-state index in [4.69, 9.17) is 14.2 Å². The van der Waals surface area contributed by atoms with E-state index in [9.17, 15) is 0 Å². The average molecular weight is 366 g/mol. The molecule has 0 spiro atoms. The van der Waals surface area contributed by atoms with Gasteiger partial charge < -0.3 is 24.8 Å². The molecule has 0 saturated carbocycles. The molecule has 3 rings (SSSR count). The van der Waals surface area contributed by atoms with Crippen LogP contribution in [0.2, 0.25) is 0 Å². The van der Waals surface area contributed by atoms with Crippen molar-refractivity contribution in [2.45, 2.75) is 6.92 Å². The molecule has 2 N–H and O–H groups in total. The molecule has 0 bridgehead atoms. The highest BCUT2D eigenvalue weighted by molar-refractivity contribution is 5.62. The molecular weight excluding hydrogens is 344 g/mol. The molecule has 0 aliphatic rings. The van der Waals surface area contributed by atoms with E-state index in [0.29, 0.717) is 29.9 Å². The number of anilines is 4. The molecule has 140 valence electrons. The van der Waals surface area contributed by atoms with Gasteiger partial charge in [-0.25, -0.2) is 4.98 Å². The van der Waals surface area contributed by atoms with Gasteiger partial charge in [0.25, 0.3) is 0 Å². The first-order valence-corrected chi connectivity index (χ1v) is 8.54. The van der Waals surface area contributed by atoms with Gasteiger partial charge in [0.15, 0.2) is 11.5 Å². The summed E-state index contributed by atoms with van der Waals surface area (Å²) in [6.07, 6.45) is 1.69. The summed E-state index contributed by atoms with van der Waals surface area (Å²) in [5.41, 5.74) is 1.71. The van der Waals surface area contributed by atoms with Gasteiger partial charge in [-0.05, 0) is 49.4 Å². The third kappa shape index (κ3) is 4.78. The predicted molar refractivity (Wildman–Crippen MR) is 106 cm³/mol. The lowest BCUT2D eigenvalue weighted by molar-refractivity contribution is 0.340. The molecule has 0 saturated heterocycles. The van der Waals surface area contributed by atoms with Crippen LogP contribution in [0.25, 0.3) is 0 Å². The van der Waals surface area contributed by atoms with E-state index >= 15 is 0 Å². The largest absolute Gasteiger partial charge is 0.494 e. The van der Waals surface area contributed by atoms with Crippen LogP contribution in [-0.2, 0) is 0 Å². The smallest absolute Gasteiger partial charge is 0.229 e. The van der Waals surface area contributed by atoms with Crippen molar-refractivity contribution in [2.75, 3.05) is 31.5 Å². The summed E-state index contributed by atoms with van der Waals surface area (Å²) in [6, 6.07) is 15.0. The number of aromatic nitrogens is 2. The van der Waals surface area contributed by atoms with Crippen LogP contribution in [-0.4, -0.2) is 30.8 Å². The molecule has 27 heavy (non-hydrogen) atoms. The van der Waals surface area contributed by atoms with Gasteiger partial charge in [-0.1, -0.05) is 0 Å². The van der Waals surface area contributed by atoms with Crippen LogP contribution >= 0.6 is 0 Å². The fraction of sp³-hybridized carbons (Fsp3) is 0.200. The third-order valence-electron chi connectivity index (χ3n) is 3.73. The van der Waals surface area contributed by atoms with E-state index in [2.05, 4.69) is 20.6 Å². The van der Waals surface area contributed by atoms with Gasteiger partial charge in [-0.2, -0.15) is 4.98 Å². The monoisotopic (exact) mass is 366 g/mol. The quantitative estimate of drug-likeness (QED) is 0.612. The van der Waals surface area contributed by atoms with Crippen molar-refractivity contribution in [2.24, 2.45) is 0 Å². The summed E-state index contributed by atoms with van der Waals surface area (Å²) in [5, 5.41) is 6.41. The number of ether oxygens (including phenoxy) is 3. The Hall–Kier alpha value is -3.48. The van der Waals surface area contributed by atoms with Crippen LogP contribution in [0.4, 0.5) is 23.1 Å². The maximum absolute atomic E-state index is 5.45. The normalized spacial score (nSPS) is 10.2. The molecule has 2 aromatic carbocycles. The van der Waals surface area contributed by atoms with E-state index < -0.39 is 0 Å². The van der Waals surface area contributed by atoms with Crippen molar-refractivity contribution in [1.82, 2.24) is 9.97 Å². The van der Waals surface area contributed by atoms with E-state index in [0.717, 1.165) is 17.1 Å². The second-order valence-corrected chi connectivity index (χ2v) is 5.54. The summed E-state index contributed by atoms with van der Waals surface area (Å²) in [4.78, 5) is 8.74. The Bertz CT molecular complexity index is 885. The second kappa shape index (κ2) is 8.75. The lowest BCUT2D eigenvalue weighted by Gasteiger charge is -2.11. The Morgan fingerprint density at radius 2 is 1.59 bits per heavy atom. The van der Waals surface area contributed by atoms with Crippen LogP contribution < -0.4 is 24.8 Å². The van der Waals surface area contributed by atoms with Gasteiger partial charge in [-0.3, -0.25) is 0 Å². The third-order valence-corrected chi connectivity index (χ3v) is 3.73. The zero-order chi connectivity index (χ0) is 19.1. The minimum absolute atomic E-state index is 0.471. The average Bonchev–Trinajstić information content (AvgIpc) is 2.70. The Balaban J connectivity index is 1.72. The SMILES string of the molecule is CCOc1ccc(Nc2ccnc(Nc3ccc(OC)c(OC)c3)n2)cc1. The molecule has 0 amide bonds. The molecule has 1 aromatic heterocycles. The van der Waals surface area contributed by atoms with Crippen LogP contribution in [0.1, 0.15) is 6.92 Å². The van der Waals surface area contributed by atoms with Crippen LogP contribution in [0, 0.1) is 0 Å². The van der Waals surface area contributed by atoms with E-state index in [1.807, 2.05) is 49.4 Å². The highest BCUT2D eigenvalue weighted by Gasteiger charge is 2.06. The maximum atomic E-state index is 5.45. The highest BCUT2D eigenvalue weighted by atomic mass is 16.5. The van der Waals surface area contributed by atoms with Crippen molar-refractivity contribution in [3.63, 3.8) is 0 Å². The highest BCUT2D eigenvalue weighted by Crippen LogP contribution is 2.30. The predicted octanol–water partition coefficient (Wildman–Crippen LogP) is 4.38. The van der Waals surface area contributed by atoms with Gasteiger partial charge in [-0.15, -0.1) is 0 Å². The summed E-state index contributed by atoms with van der Waals surface area (Å²) >= 11 is 0. The second-order valence-electron chi connectivity index (χ2n) is 5.54. The number of benzene rings is 2. The molecule has 0 fully saturated rings. The van der Waals surface area contributed by atoms with Gasteiger partial charge in [0.2, 0.25) is 5.95 Å². The number of rotatable bonds is 8. The lowest BCUT2D eigenvalue weighted by Crippen LogP contribution is -2.01. The van der Waals surface area contributed by atoms with E-state index in [1.165, 1.54) is 0 Å². The Morgan fingerprint density at radius 1 is 0.852 bits per heavy atom. The van der Waals surface area contributed by atoms with Crippen molar-refractivity contribution in [1.29, 1.82) is 0 Å². The zero-order valence-electron chi connectivity index (χ0n) is 15.5. The fourth-order valence-corrected chi connectivity index (χ4v) is 2.48. The minimum Gasteiger partial charge on any atom is -0.494 e. The van der Waals surface area contributed by atoms with Crippen LogP contribution in [0.15, 0.2) is 54.7 Å². The van der Waals surface area contributed by atoms with E-state index in [-0.39, 0.29) is 0 Å². The molecule has 0 aliphatic carbocycles. The number of nitrogens with zero attached hydrogens (tertiary/aromatic N) is 2. The van der Waals surface area contributed by atoms with Gasteiger partial charge in [0.1, 0.15) is 11.6 Å². The molecule has 0 atom stereocenters. The summed E-state index contributed by atoms with van der Waals surface area (Å²) < 4.78 is 16.0. The fourth-order valence-electron chi connectivity index (χ4n) is 2.48. The molecule has 7 heteroatoms. The number of hydrogen-bond donors (Lipinski definition) is 2. The first kappa shape index (κ1) is 18.3. The molecule has 1 heterocycles. The van der Waals surface area contributed by atoms with Crippen molar-refractivity contribution >= 4 is 23.1 Å². The minimum atomic E-state index is 0.471. The number of methoxy groups -OCH3 is 2. The Morgan fingerprint density at radius 3 is 2.30 bits per heavy atom. The molecule has 0 aliphatic heterocycles. The topological polar surface area (TPSA) is 77.5 Å². The number of nitrogens with one attached hydrogen (secondary N) is 2. The molecule has 3 aromatic rings. The lowest BCUT2D eigenvalue weighted by atomic mass is 10.3. The zero-order valence-corrected chi connectivity index (χ0v) is 15.5. The molecule has 7 nitrogen and oxygen atoms in total. The Labute approximate surface area is 158 Å². The molecular formula is C20H22N4O3. The van der Waals surface area contributed by atoms with Crippen molar-refractivity contribution in [3.05, 3.63) is 54.7 Å². The summed E-state index contributed by atoms with van der Waals surface area (Å²) in [5.74, 6) is 3.28. The van der Waals surface area contributed by atoms with Crippen molar-refractivity contribution < 1.29 is 14.2 Å². The summed E-state index contributed by atoms with van der Waals surface area (Å²) in [6.45, 7) is 2.60. The van der Waals surface area contributed by atoms with Crippen LogP contribution in [0.5, 0.6) is 17.2 Å².